The van der Waals surface area contributed by atoms with Crippen LogP contribution >= 0.6 is 11.6 Å². The van der Waals surface area contributed by atoms with Crippen LogP contribution in [-0.2, 0) is 6.42 Å². The summed E-state index contributed by atoms with van der Waals surface area (Å²) in [6, 6.07) is 7.22. The Balaban J connectivity index is 1.90. The quantitative estimate of drug-likeness (QED) is 0.909. The summed E-state index contributed by atoms with van der Waals surface area (Å²) >= 11 is 5.86. The molecule has 0 atom stereocenters. The van der Waals surface area contributed by atoms with E-state index in [2.05, 4.69) is 5.16 Å². The van der Waals surface area contributed by atoms with E-state index in [1.165, 1.54) is 0 Å². The maximum absolute atomic E-state index is 5.86. The second-order valence-electron chi connectivity index (χ2n) is 3.73. The third-order valence-corrected chi connectivity index (χ3v) is 2.57. The number of nitrogen functional groups attached to an aromatic ring is 1. The molecular formula is C12H13ClN2O2. The van der Waals surface area contributed by atoms with Crippen LogP contribution in [0.25, 0.3) is 0 Å². The molecule has 0 spiro atoms. The highest BCUT2D eigenvalue weighted by Crippen LogP contribution is 2.21. The standard InChI is InChI=1S/C12H13ClN2O2/c1-8-6-9(13)2-3-11(8)16-5-4-10-7-12(14)17-15-10/h2-3,6-7H,4-5,14H2,1H3. The van der Waals surface area contributed by atoms with Gasteiger partial charge < -0.3 is 15.0 Å². The van der Waals surface area contributed by atoms with Gasteiger partial charge in [-0.15, -0.1) is 0 Å². The van der Waals surface area contributed by atoms with Gasteiger partial charge >= 0.3 is 0 Å². The molecule has 0 bridgehead atoms. The fraction of sp³-hybridized carbons (Fsp3) is 0.250. The Hall–Kier alpha value is -1.68. The minimum absolute atomic E-state index is 0.322. The molecule has 0 saturated carbocycles. The summed E-state index contributed by atoms with van der Waals surface area (Å²) in [4.78, 5) is 0. The fourth-order valence-electron chi connectivity index (χ4n) is 1.49. The van der Waals surface area contributed by atoms with Crippen molar-refractivity contribution in [1.29, 1.82) is 0 Å². The van der Waals surface area contributed by atoms with Crippen molar-refractivity contribution >= 4 is 17.5 Å². The lowest BCUT2D eigenvalue weighted by Crippen LogP contribution is -2.02. The molecule has 0 aliphatic heterocycles. The molecule has 0 aliphatic carbocycles. The summed E-state index contributed by atoms with van der Waals surface area (Å²) in [6.07, 6.45) is 0.656. The zero-order valence-electron chi connectivity index (χ0n) is 9.44. The first kappa shape index (κ1) is 11.8. The molecule has 4 nitrogen and oxygen atoms in total. The molecule has 90 valence electrons. The highest BCUT2D eigenvalue weighted by molar-refractivity contribution is 6.30. The van der Waals surface area contributed by atoms with Gasteiger partial charge in [0.2, 0.25) is 5.88 Å². The predicted octanol–water partition coefficient (Wildman–Crippen LogP) is 2.84. The highest BCUT2D eigenvalue weighted by atomic mass is 35.5. The third-order valence-electron chi connectivity index (χ3n) is 2.33. The van der Waals surface area contributed by atoms with Crippen LogP contribution in [0, 0.1) is 6.92 Å². The zero-order chi connectivity index (χ0) is 12.3. The summed E-state index contributed by atoms with van der Waals surface area (Å²) in [6.45, 7) is 2.48. The Labute approximate surface area is 104 Å². The molecule has 2 N–H and O–H groups in total. The van der Waals surface area contributed by atoms with Crippen molar-refractivity contribution in [2.75, 3.05) is 12.3 Å². The van der Waals surface area contributed by atoms with Gasteiger partial charge in [-0.1, -0.05) is 16.8 Å². The van der Waals surface area contributed by atoms with Crippen LogP contribution in [-0.4, -0.2) is 11.8 Å². The summed E-state index contributed by atoms with van der Waals surface area (Å²) in [5.74, 6) is 1.15. The van der Waals surface area contributed by atoms with Crippen molar-refractivity contribution in [2.45, 2.75) is 13.3 Å². The summed E-state index contributed by atoms with van der Waals surface area (Å²) in [5.41, 5.74) is 7.22. The largest absolute Gasteiger partial charge is 0.493 e. The van der Waals surface area contributed by atoms with E-state index in [0.717, 1.165) is 17.0 Å². The smallest absolute Gasteiger partial charge is 0.222 e. The molecule has 0 unspecified atom stereocenters. The van der Waals surface area contributed by atoms with Crippen molar-refractivity contribution in [2.24, 2.45) is 0 Å². The van der Waals surface area contributed by atoms with Crippen LogP contribution in [0.3, 0.4) is 0 Å². The molecule has 0 amide bonds. The molecule has 5 heteroatoms. The Bertz CT molecular complexity index is 511. The lowest BCUT2D eigenvalue weighted by Gasteiger charge is -2.08. The first-order valence-corrected chi connectivity index (χ1v) is 5.63. The number of aromatic nitrogens is 1. The second-order valence-corrected chi connectivity index (χ2v) is 4.17. The predicted molar refractivity (Wildman–Crippen MR) is 66.3 cm³/mol. The topological polar surface area (TPSA) is 61.3 Å². The number of aryl methyl sites for hydroxylation is 1. The van der Waals surface area contributed by atoms with Gasteiger partial charge in [-0.3, -0.25) is 0 Å². The maximum atomic E-state index is 5.86. The first-order valence-electron chi connectivity index (χ1n) is 5.25. The Morgan fingerprint density at radius 2 is 2.24 bits per heavy atom. The summed E-state index contributed by atoms with van der Waals surface area (Å²) in [7, 11) is 0. The second kappa shape index (κ2) is 5.10. The number of benzene rings is 1. The molecule has 0 saturated heterocycles. The van der Waals surface area contributed by atoms with Crippen molar-refractivity contribution in [3.8, 4) is 5.75 Å². The number of anilines is 1. The molecular weight excluding hydrogens is 240 g/mol. The molecule has 2 rings (SSSR count). The third kappa shape index (κ3) is 3.14. The molecule has 1 aromatic heterocycles. The Morgan fingerprint density at radius 3 is 2.88 bits per heavy atom. The van der Waals surface area contributed by atoms with Gasteiger partial charge in [0.25, 0.3) is 0 Å². The number of nitrogens with two attached hydrogens (primary N) is 1. The van der Waals surface area contributed by atoms with Crippen LogP contribution < -0.4 is 10.5 Å². The average molecular weight is 253 g/mol. The minimum Gasteiger partial charge on any atom is -0.493 e. The molecule has 1 heterocycles. The number of rotatable bonds is 4. The van der Waals surface area contributed by atoms with Gasteiger partial charge in [0.15, 0.2) is 0 Å². The van der Waals surface area contributed by atoms with Gasteiger partial charge in [0.05, 0.1) is 12.3 Å². The molecule has 17 heavy (non-hydrogen) atoms. The number of ether oxygens (including phenoxy) is 1. The van der Waals surface area contributed by atoms with E-state index >= 15 is 0 Å². The monoisotopic (exact) mass is 252 g/mol. The zero-order valence-corrected chi connectivity index (χ0v) is 10.2. The van der Waals surface area contributed by atoms with Crippen molar-refractivity contribution < 1.29 is 9.26 Å². The first-order chi connectivity index (χ1) is 8.15. The lowest BCUT2D eigenvalue weighted by molar-refractivity contribution is 0.314. The van der Waals surface area contributed by atoms with Gasteiger partial charge in [-0.25, -0.2) is 0 Å². The van der Waals surface area contributed by atoms with Crippen molar-refractivity contribution in [3.05, 3.63) is 40.5 Å². The Kier molecular flexibility index (Phi) is 3.54. The highest BCUT2D eigenvalue weighted by Gasteiger charge is 2.03. The SMILES string of the molecule is Cc1cc(Cl)ccc1OCCc1cc(N)on1. The molecule has 2 aromatic rings. The van der Waals surface area contributed by atoms with Crippen LogP contribution in [0.15, 0.2) is 28.8 Å². The van der Waals surface area contributed by atoms with Gasteiger partial charge in [-0.2, -0.15) is 0 Å². The van der Waals surface area contributed by atoms with E-state index < -0.39 is 0 Å². The van der Waals surface area contributed by atoms with Crippen LogP contribution in [0.1, 0.15) is 11.3 Å². The average Bonchev–Trinajstić information content (AvgIpc) is 2.68. The normalized spacial score (nSPS) is 10.5. The number of hydrogen-bond donors (Lipinski definition) is 1. The van der Waals surface area contributed by atoms with E-state index in [0.29, 0.717) is 23.9 Å². The lowest BCUT2D eigenvalue weighted by atomic mass is 10.2. The van der Waals surface area contributed by atoms with E-state index in [1.807, 2.05) is 19.1 Å². The molecule has 0 fully saturated rings. The number of hydrogen-bond acceptors (Lipinski definition) is 4. The number of nitrogens with zero attached hydrogens (tertiary/aromatic N) is 1. The fourth-order valence-corrected chi connectivity index (χ4v) is 1.71. The molecule has 0 radical (unpaired) electrons. The minimum atomic E-state index is 0.322. The molecule has 0 aliphatic rings. The van der Waals surface area contributed by atoms with Crippen molar-refractivity contribution in [3.63, 3.8) is 0 Å². The summed E-state index contributed by atoms with van der Waals surface area (Å²) < 4.78 is 10.4. The maximum Gasteiger partial charge on any atom is 0.222 e. The van der Waals surface area contributed by atoms with E-state index in [-0.39, 0.29) is 0 Å². The van der Waals surface area contributed by atoms with Gasteiger partial charge in [0, 0.05) is 17.5 Å². The van der Waals surface area contributed by atoms with Crippen LogP contribution in [0.2, 0.25) is 5.02 Å². The van der Waals surface area contributed by atoms with Gasteiger partial charge in [-0.05, 0) is 30.7 Å². The van der Waals surface area contributed by atoms with E-state index in [4.69, 9.17) is 26.6 Å². The number of halogens is 1. The molecule has 1 aromatic carbocycles. The van der Waals surface area contributed by atoms with Crippen LogP contribution in [0.5, 0.6) is 5.75 Å². The van der Waals surface area contributed by atoms with Gasteiger partial charge in [0.1, 0.15) is 5.75 Å². The van der Waals surface area contributed by atoms with E-state index in [1.54, 1.807) is 12.1 Å². The summed E-state index contributed by atoms with van der Waals surface area (Å²) in [5, 5.41) is 4.49. The Morgan fingerprint density at radius 1 is 1.41 bits per heavy atom. The van der Waals surface area contributed by atoms with E-state index in [9.17, 15) is 0 Å². The van der Waals surface area contributed by atoms with Crippen LogP contribution in [0.4, 0.5) is 5.88 Å². The van der Waals surface area contributed by atoms with Crippen molar-refractivity contribution in [1.82, 2.24) is 5.16 Å².